The zero-order chi connectivity index (χ0) is 15.1. The molecule has 0 radical (unpaired) electrons. The van der Waals surface area contributed by atoms with Gasteiger partial charge in [0, 0.05) is 26.2 Å². The number of piperazine rings is 1. The lowest BCUT2D eigenvalue weighted by Gasteiger charge is -2.38. The van der Waals surface area contributed by atoms with Gasteiger partial charge in [0.25, 0.3) is 0 Å². The molecule has 1 atom stereocenters. The Hall–Kier alpha value is -1.50. The van der Waals surface area contributed by atoms with E-state index in [0.29, 0.717) is 26.2 Å². The molecule has 1 aliphatic rings. The van der Waals surface area contributed by atoms with Crippen LogP contribution in [0, 0.1) is 0 Å². The smallest absolute Gasteiger partial charge is 0.410 e. The molecule has 0 aromatic carbocycles. The summed E-state index contributed by atoms with van der Waals surface area (Å²) in [4.78, 5) is 15.6. The quantitative estimate of drug-likeness (QED) is 0.341. The topological polar surface area (TPSA) is 91.4 Å². The lowest BCUT2D eigenvalue weighted by atomic mass is 10.1. The molecule has 3 N–H and O–H groups in total. The van der Waals surface area contributed by atoms with Gasteiger partial charge in [-0.15, -0.1) is 0 Å². The SMILES string of the molecule is CCCC(C(N)=NO)N1CCN(C(=O)OC(C)C)CC1. The molecule has 20 heavy (non-hydrogen) atoms. The molecule has 7 nitrogen and oxygen atoms in total. The summed E-state index contributed by atoms with van der Waals surface area (Å²) in [6.45, 7) is 8.35. The summed E-state index contributed by atoms with van der Waals surface area (Å²) in [7, 11) is 0. The first-order valence-electron chi connectivity index (χ1n) is 7.16. The van der Waals surface area contributed by atoms with Crippen molar-refractivity contribution in [3.05, 3.63) is 0 Å². The van der Waals surface area contributed by atoms with Crippen molar-refractivity contribution in [2.24, 2.45) is 10.9 Å². The van der Waals surface area contributed by atoms with E-state index in [1.165, 1.54) is 0 Å². The molecule has 0 saturated carbocycles. The highest BCUT2D eigenvalue weighted by molar-refractivity contribution is 5.85. The molecule has 1 saturated heterocycles. The first-order valence-corrected chi connectivity index (χ1v) is 7.16. The molecular weight excluding hydrogens is 260 g/mol. The highest BCUT2D eigenvalue weighted by Gasteiger charge is 2.28. The standard InChI is InChI=1S/C13H26N4O3/c1-4-5-11(12(14)15-19)16-6-8-17(9-7-16)13(18)20-10(2)3/h10-11,19H,4-9H2,1-3H3,(H2,14,15). The van der Waals surface area contributed by atoms with Crippen molar-refractivity contribution in [2.75, 3.05) is 26.2 Å². The third kappa shape index (κ3) is 4.56. The van der Waals surface area contributed by atoms with E-state index in [1.54, 1.807) is 4.90 Å². The summed E-state index contributed by atoms with van der Waals surface area (Å²) in [5.41, 5.74) is 5.75. The number of ether oxygens (including phenoxy) is 1. The van der Waals surface area contributed by atoms with E-state index in [2.05, 4.69) is 17.0 Å². The number of rotatable bonds is 5. The maximum atomic E-state index is 11.8. The second-order valence-corrected chi connectivity index (χ2v) is 5.28. The predicted molar refractivity (Wildman–Crippen MR) is 76.9 cm³/mol. The average molecular weight is 286 g/mol. The summed E-state index contributed by atoms with van der Waals surface area (Å²) in [6.07, 6.45) is 1.42. The minimum atomic E-state index is -0.268. The van der Waals surface area contributed by atoms with E-state index in [9.17, 15) is 4.79 Å². The first kappa shape index (κ1) is 16.6. The van der Waals surface area contributed by atoms with Gasteiger partial charge in [0.1, 0.15) is 0 Å². The minimum absolute atomic E-state index is 0.0618. The van der Waals surface area contributed by atoms with Crippen molar-refractivity contribution >= 4 is 11.9 Å². The Labute approximate surface area is 120 Å². The van der Waals surface area contributed by atoms with Crippen LogP contribution >= 0.6 is 0 Å². The van der Waals surface area contributed by atoms with E-state index >= 15 is 0 Å². The van der Waals surface area contributed by atoms with Gasteiger partial charge >= 0.3 is 6.09 Å². The Kier molecular flexibility index (Phi) is 6.57. The molecular formula is C13H26N4O3. The second kappa shape index (κ2) is 7.94. The minimum Gasteiger partial charge on any atom is -0.447 e. The van der Waals surface area contributed by atoms with Crippen LogP contribution in [0.15, 0.2) is 5.16 Å². The van der Waals surface area contributed by atoms with Gasteiger partial charge in [-0.3, -0.25) is 4.90 Å². The fraction of sp³-hybridized carbons (Fsp3) is 0.846. The van der Waals surface area contributed by atoms with Crippen molar-refractivity contribution in [1.82, 2.24) is 9.80 Å². The molecule has 1 unspecified atom stereocenters. The largest absolute Gasteiger partial charge is 0.447 e. The number of carbonyl (C=O) groups excluding carboxylic acids is 1. The summed E-state index contributed by atoms with van der Waals surface area (Å²) >= 11 is 0. The molecule has 0 spiro atoms. The van der Waals surface area contributed by atoms with E-state index < -0.39 is 0 Å². The Morgan fingerprint density at radius 2 is 1.95 bits per heavy atom. The summed E-state index contributed by atoms with van der Waals surface area (Å²) < 4.78 is 5.18. The molecule has 1 heterocycles. The van der Waals surface area contributed by atoms with Crippen LogP contribution in [0.1, 0.15) is 33.6 Å². The van der Waals surface area contributed by atoms with E-state index in [4.69, 9.17) is 15.7 Å². The van der Waals surface area contributed by atoms with Crippen molar-refractivity contribution < 1.29 is 14.7 Å². The molecule has 0 aromatic heterocycles. The normalized spacial score (nSPS) is 19.2. The fourth-order valence-corrected chi connectivity index (χ4v) is 2.35. The maximum Gasteiger partial charge on any atom is 0.410 e. The van der Waals surface area contributed by atoms with E-state index in [-0.39, 0.29) is 24.1 Å². The van der Waals surface area contributed by atoms with Crippen molar-refractivity contribution in [2.45, 2.75) is 45.8 Å². The van der Waals surface area contributed by atoms with Crippen LogP contribution < -0.4 is 5.73 Å². The first-order chi connectivity index (χ1) is 9.49. The van der Waals surface area contributed by atoms with Crippen LogP contribution in [0.5, 0.6) is 0 Å². The monoisotopic (exact) mass is 286 g/mol. The van der Waals surface area contributed by atoms with Crippen LogP contribution in [-0.4, -0.2) is 65.3 Å². The molecule has 1 rings (SSSR count). The van der Waals surface area contributed by atoms with Crippen LogP contribution in [0.2, 0.25) is 0 Å². The predicted octanol–water partition coefficient (Wildman–Crippen LogP) is 1.06. The Balaban J connectivity index is 2.53. The molecule has 0 aliphatic carbocycles. The average Bonchev–Trinajstić information content (AvgIpc) is 2.43. The number of nitrogens with zero attached hydrogens (tertiary/aromatic N) is 3. The number of carbonyl (C=O) groups is 1. The summed E-state index contributed by atoms with van der Waals surface area (Å²) in [5.74, 6) is 0.241. The molecule has 0 aromatic rings. The van der Waals surface area contributed by atoms with Gasteiger partial charge in [-0.1, -0.05) is 18.5 Å². The third-order valence-electron chi connectivity index (χ3n) is 3.37. The van der Waals surface area contributed by atoms with Crippen molar-refractivity contribution in [3.8, 4) is 0 Å². The molecule has 7 heteroatoms. The van der Waals surface area contributed by atoms with Gasteiger partial charge in [0.05, 0.1) is 12.1 Å². The Morgan fingerprint density at radius 1 is 1.35 bits per heavy atom. The number of hydrogen-bond acceptors (Lipinski definition) is 5. The van der Waals surface area contributed by atoms with Crippen LogP contribution in [0.3, 0.4) is 0 Å². The van der Waals surface area contributed by atoms with E-state index in [1.807, 2.05) is 13.8 Å². The van der Waals surface area contributed by atoms with Gasteiger partial charge in [-0.2, -0.15) is 0 Å². The number of nitrogens with two attached hydrogens (primary N) is 1. The lowest BCUT2D eigenvalue weighted by molar-refractivity contribution is 0.0528. The Morgan fingerprint density at radius 3 is 2.40 bits per heavy atom. The van der Waals surface area contributed by atoms with Crippen LogP contribution in [-0.2, 0) is 4.74 Å². The second-order valence-electron chi connectivity index (χ2n) is 5.28. The molecule has 116 valence electrons. The van der Waals surface area contributed by atoms with Gasteiger partial charge < -0.3 is 20.6 Å². The highest BCUT2D eigenvalue weighted by atomic mass is 16.6. The summed E-state index contributed by atoms with van der Waals surface area (Å²) in [6, 6.07) is -0.0618. The molecule has 1 aliphatic heterocycles. The van der Waals surface area contributed by atoms with Crippen LogP contribution in [0.25, 0.3) is 0 Å². The molecule has 1 amide bonds. The van der Waals surface area contributed by atoms with Gasteiger partial charge in [0.2, 0.25) is 0 Å². The summed E-state index contributed by atoms with van der Waals surface area (Å²) in [5, 5.41) is 12.0. The fourth-order valence-electron chi connectivity index (χ4n) is 2.35. The van der Waals surface area contributed by atoms with Crippen molar-refractivity contribution in [1.29, 1.82) is 0 Å². The van der Waals surface area contributed by atoms with Gasteiger partial charge in [-0.25, -0.2) is 4.79 Å². The molecule has 0 bridgehead atoms. The Bertz CT molecular complexity index is 339. The zero-order valence-corrected chi connectivity index (χ0v) is 12.6. The zero-order valence-electron chi connectivity index (χ0n) is 12.6. The van der Waals surface area contributed by atoms with Crippen LogP contribution in [0.4, 0.5) is 4.79 Å². The third-order valence-corrected chi connectivity index (χ3v) is 3.37. The highest BCUT2D eigenvalue weighted by Crippen LogP contribution is 2.12. The number of hydrogen-bond donors (Lipinski definition) is 2. The van der Waals surface area contributed by atoms with E-state index in [0.717, 1.165) is 12.8 Å². The van der Waals surface area contributed by atoms with Gasteiger partial charge in [-0.05, 0) is 20.3 Å². The number of amides is 1. The molecule has 1 fully saturated rings. The number of oxime groups is 1. The number of amidine groups is 1. The van der Waals surface area contributed by atoms with Crippen molar-refractivity contribution in [3.63, 3.8) is 0 Å². The maximum absolute atomic E-state index is 11.8. The van der Waals surface area contributed by atoms with Gasteiger partial charge in [0.15, 0.2) is 5.84 Å². The lowest BCUT2D eigenvalue weighted by Crippen LogP contribution is -2.55.